The first kappa shape index (κ1) is 14.9. The van der Waals surface area contributed by atoms with E-state index in [1.54, 1.807) is 11.8 Å². The van der Waals surface area contributed by atoms with Gasteiger partial charge in [-0.2, -0.15) is 0 Å². The van der Waals surface area contributed by atoms with Crippen LogP contribution in [0.4, 0.5) is 0 Å². The molecule has 0 heterocycles. The Labute approximate surface area is 131 Å². The van der Waals surface area contributed by atoms with Crippen molar-refractivity contribution in [1.29, 1.82) is 0 Å². The number of thioether (sulfide) groups is 1. The van der Waals surface area contributed by atoms with Gasteiger partial charge in [0.1, 0.15) is 0 Å². The summed E-state index contributed by atoms with van der Waals surface area (Å²) in [7, 11) is 0. The standard InChI is InChI=1S/C15H15BrClNS/c16-13-9-11(7-8-18)5-6-15(13)19-10-12-3-1-2-4-14(12)17/h1-6,9H,7-8,10,18H2. The topological polar surface area (TPSA) is 26.0 Å². The molecule has 0 saturated heterocycles. The summed E-state index contributed by atoms with van der Waals surface area (Å²) >= 11 is 11.6. The lowest BCUT2D eigenvalue weighted by Crippen LogP contribution is -2.02. The van der Waals surface area contributed by atoms with Gasteiger partial charge in [0.25, 0.3) is 0 Å². The van der Waals surface area contributed by atoms with E-state index in [-0.39, 0.29) is 0 Å². The van der Waals surface area contributed by atoms with E-state index in [1.165, 1.54) is 10.5 Å². The van der Waals surface area contributed by atoms with Crippen LogP contribution in [0.15, 0.2) is 51.8 Å². The van der Waals surface area contributed by atoms with E-state index in [0.717, 1.165) is 27.2 Å². The number of benzene rings is 2. The maximum atomic E-state index is 6.16. The van der Waals surface area contributed by atoms with Crippen LogP contribution in [0.25, 0.3) is 0 Å². The maximum Gasteiger partial charge on any atom is 0.0446 e. The second kappa shape index (κ2) is 7.34. The van der Waals surface area contributed by atoms with Gasteiger partial charge >= 0.3 is 0 Å². The number of hydrogen-bond donors (Lipinski definition) is 1. The third-order valence-electron chi connectivity index (χ3n) is 2.77. The summed E-state index contributed by atoms with van der Waals surface area (Å²) in [5.74, 6) is 0.870. The third kappa shape index (κ3) is 4.25. The summed E-state index contributed by atoms with van der Waals surface area (Å²) in [4.78, 5) is 1.22. The van der Waals surface area contributed by atoms with Gasteiger partial charge in [0.15, 0.2) is 0 Å². The molecule has 0 unspecified atom stereocenters. The molecule has 19 heavy (non-hydrogen) atoms. The number of hydrogen-bond acceptors (Lipinski definition) is 2. The fraction of sp³-hybridized carbons (Fsp3) is 0.200. The molecular formula is C15H15BrClNS. The van der Waals surface area contributed by atoms with Crippen molar-refractivity contribution in [3.8, 4) is 0 Å². The summed E-state index contributed by atoms with van der Waals surface area (Å²) < 4.78 is 1.12. The lowest BCUT2D eigenvalue weighted by atomic mass is 10.2. The molecule has 0 radical (unpaired) electrons. The van der Waals surface area contributed by atoms with Crippen molar-refractivity contribution in [3.63, 3.8) is 0 Å². The van der Waals surface area contributed by atoms with Crippen molar-refractivity contribution >= 4 is 39.3 Å². The zero-order chi connectivity index (χ0) is 13.7. The molecule has 0 aliphatic carbocycles. The van der Waals surface area contributed by atoms with Crippen molar-refractivity contribution in [2.24, 2.45) is 5.73 Å². The summed E-state index contributed by atoms with van der Waals surface area (Å²) in [6.07, 6.45) is 0.911. The third-order valence-corrected chi connectivity index (χ3v) is 5.18. The van der Waals surface area contributed by atoms with E-state index in [0.29, 0.717) is 6.54 Å². The first-order chi connectivity index (χ1) is 9.20. The quantitative estimate of drug-likeness (QED) is 0.771. The molecule has 0 amide bonds. The molecule has 100 valence electrons. The molecule has 2 aromatic carbocycles. The molecule has 2 aromatic rings. The normalized spacial score (nSPS) is 10.7. The van der Waals surface area contributed by atoms with Gasteiger partial charge in [-0.3, -0.25) is 0 Å². The van der Waals surface area contributed by atoms with Gasteiger partial charge in [-0.1, -0.05) is 35.9 Å². The molecule has 4 heteroatoms. The highest BCUT2D eigenvalue weighted by Crippen LogP contribution is 2.32. The van der Waals surface area contributed by atoms with Crippen molar-refractivity contribution < 1.29 is 0 Å². The molecule has 0 spiro atoms. The van der Waals surface area contributed by atoms with Crippen molar-refractivity contribution in [3.05, 3.63) is 63.1 Å². The average molecular weight is 357 g/mol. The molecule has 0 bridgehead atoms. The SMILES string of the molecule is NCCc1ccc(SCc2ccccc2Cl)c(Br)c1. The fourth-order valence-electron chi connectivity index (χ4n) is 1.75. The van der Waals surface area contributed by atoms with Gasteiger partial charge in [0, 0.05) is 20.1 Å². The van der Waals surface area contributed by atoms with Crippen LogP contribution in [-0.4, -0.2) is 6.54 Å². The van der Waals surface area contributed by atoms with E-state index in [4.69, 9.17) is 17.3 Å². The van der Waals surface area contributed by atoms with Crippen molar-refractivity contribution in [1.82, 2.24) is 0 Å². The Morgan fingerprint density at radius 3 is 2.63 bits per heavy atom. The fourth-order valence-corrected chi connectivity index (χ4v) is 3.73. The lowest BCUT2D eigenvalue weighted by Gasteiger charge is -2.08. The highest BCUT2D eigenvalue weighted by atomic mass is 79.9. The van der Waals surface area contributed by atoms with Crippen molar-refractivity contribution in [2.45, 2.75) is 17.1 Å². The number of halogens is 2. The Hall–Kier alpha value is -0.480. The molecule has 0 aliphatic rings. The minimum absolute atomic E-state index is 0.679. The van der Waals surface area contributed by atoms with Crippen LogP contribution in [0.2, 0.25) is 5.02 Å². The zero-order valence-electron chi connectivity index (χ0n) is 10.4. The molecular weight excluding hydrogens is 342 g/mol. The van der Waals surface area contributed by atoms with E-state index >= 15 is 0 Å². The number of nitrogens with two attached hydrogens (primary N) is 1. The monoisotopic (exact) mass is 355 g/mol. The predicted molar refractivity (Wildman–Crippen MR) is 87.9 cm³/mol. The van der Waals surface area contributed by atoms with Gasteiger partial charge < -0.3 is 5.73 Å². The van der Waals surface area contributed by atoms with Crippen LogP contribution >= 0.6 is 39.3 Å². The molecule has 0 fully saturated rings. The Balaban J connectivity index is 2.06. The van der Waals surface area contributed by atoms with Gasteiger partial charge in [0.2, 0.25) is 0 Å². The van der Waals surface area contributed by atoms with Gasteiger partial charge in [-0.15, -0.1) is 11.8 Å². The molecule has 2 rings (SSSR count). The van der Waals surface area contributed by atoms with Gasteiger partial charge in [-0.25, -0.2) is 0 Å². The summed E-state index contributed by atoms with van der Waals surface area (Å²) in [6.45, 7) is 0.679. The molecule has 0 aromatic heterocycles. The second-order valence-electron chi connectivity index (χ2n) is 4.18. The number of rotatable bonds is 5. The first-order valence-electron chi connectivity index (χ1n) is 6.05. The van der Waals surface area contributed by atoms with Gasteiger partial charge in [-0.05, 0) is 58.2 Å². The Kier molecular flexibility index (Phi) is 5.76. The van der Waals surface area contributed by atoms with E-state index in [2.05, 4.69) is 40.2 Å². The summed E-state index contributed by atoms with van der Waals surface area (Å²) in [5, 5.41) is 0.825. The van der Waals surface area contributed by atoms with Crippen LogP contribution in [0.5, 0.6) is 0 Å². The van der Waals surface area contributed by atoms with E-state index in [9.17, 15) is 0 Å². The molecule has 0 aliphatic heterocycles. The minimum atomic E-state index is 0.679. The maximum absolute atomic E-state index is 6.16. The highest BCUT2D eigenvalue weighted by molar-refractivity contribution is 9.10. The average Bonchev–Trinajstić information content (AvgIpc) is 2.40. The predicted octanol–water partition coefficient (Wildman–Crippen LogP) is 4.90. The zero-order valence-corrected chi connectivity index (χ0v) is 13.6. The molecule has 2 N–H and O–H groups in total. The smallest absolute Gasteiger partial charge is 0.0446 e. The summed E-state index contributed by atoms with van der Waals surface area (Å²) in [6, 6.07) is 14.4. The van der Waals surface area contributed by atoms with Crippen LogP contribution in [0.1, 0.15) is 11.1 Å². The van der Waals surface area contributed by atoms with Crippen molar-refractivity contribution in [2.75, 3.05) is 6.54 Å². The lowest BCUT2D eigenvalue weighted by molar-refractivity contribution is 0.965. The Morgan fingerprint density at radius 1 is 1.16 bits per heavy atom. The molecule has 1 nitrogen and oxygen atoms in total. The Morgan fingerprint density at radius 2 is 1.95 bits per heavy atom. The first-order valence-corrected chi connectivity index (χ1v) is 8.21. The van der Waals surface area contributed by atoms with E-state index in [1.807, 2.05) is 18.2 Å². The summed E-state index contributed by atoms with van der Waals surface area (Å²) in [5.41, 5.74) is 7.98. The van der Waals surface area contributed by atoms with Crippen LogP contribution < -0.4 is 5.73 Å². The highest BCUT2D eigenvalue weighted by Gasteiger charge is 2.05. The van der Waals surface area contributed by atoms with Crippen LogP contribution in [0, 0.1) is 0 Å². The van der Waals surface area contributed by atoms with Crippen LogP contribution in [-0.2, 0) is 12.2 Å². The minimum Gasteiger partial charge on any atom is -0.330 e. The Bertz CT molecular complexity index is 560. The van der Waals surface area contributed by atoms with E-state index < -0.39 is 0 Å². The van der Waals surface area contributed by atoms with Crippen LogP contribution in [0.3, 0.4) is 0 Å². The van der Waals surface area contributed by atoms with Gasteiger partial charge in [0.05, 0.1) is 0 Å². The molecule has 0 saturated carbocycles. The second-order valence-corrected chi connectivity index (χ2v) is 6.46. The molecule has 0 atom stereocenters. The largest absolute Gasteiger partial charge is 0.330 e.